The molecule has 4 heteroatoms. The molecule has 1 aliphatic carbocycles. The topological polar surface area (TPSA) is 41.6 Å². The van der Waals surface area contributed by atoms with Crippen LogP contribution in [0.4, 0.5) is 0 Å². The van der Waals surface area contributed by atoms with Crippen molar-refractivity contribution >= 4 is 5.97 Å². The van der Waals surface area contributed by atoms with Crippen LogP contribution in [0.15, 0.2) is 0 Å². The van der Waals surface area contributed by atoms with Crippen LogP contribution in [-0.4, -0.2) is 50.2 Å². The van der Waals surface area contributed by atoms with E-state index in [0.717, 1.165) is 44.1 Å². The van der Waals surface area contributed by atoms with E-state index in [9.17, 15) is 4.79 Å². The molecule has 0 bridgehead atoms. The smallest absolute Gasteiger partial charge is 0.326 e. The quantitative estimate of drug-likeness (QED) is 0.764. The van der Waals surface area contributed by atoms with Crippen LogP contribution in [-0.2, 0) is 9.53 Å². The number of likely N-dealkylation sites (tertiary alicyclic amines) is 1. The Morgan fingerprint density at radius 3 is 2.76 bits per heavy atom. The Hall–Kier alpha value is -0.610. The first-order chi connectivity index (χ1) is 10.0. The minimum absolute atomic E-state index is 0.0750. The third-order valence-electron chi connectivity index (χ3n) is 5.86. The van der Waals surface area contributed by atoms with Crippen LogP contribution in [0.1, 0.15) is 46.0 Å². The molecule has 0 radical (unpaired) electrons. The fourth-order valence-electron chi connectivity index (χ4n) is 4.30. The van der Waals surface area contributed by atoms with Crippen LogP contribution in [0.25, 0.3) is 0 Å². The highest BCUT2D eigenvalue weighted by Crippen LogP contribution is 2.39. The number of carbonyl (C=O) groups excluding carboxylic acids is 1. The highest BCUT2D eigenvalue weighted by Gasteiger charge is 2.48. The molecule has 0 aromatic rings. The first-order valence-electron chi connectivity index (χ1n) is 8.53. The van der Waals surface area contributed by atoms with Crippen molar-refractivity contribution in [3.63, 3.8) is 0 Å². The number of hydrogen-bond acceptors (Lipinski definition) is 4. The summed E-state index contributed by atoms with van der Waals surface area (Å²) in [6, 6.07) is 0. The van der Waals surface area contributed by atoms with Gasteiger partial charge in [-0.05, 0) is 63.6 Å². The van der Waals surface area contributed by atoms with Gasteiger partial charge in [0.25, 0.3) is 0 Å². The summed E-state index contributed by atoms with van der Waals surface area (Å²) in [5.74, 6) is 1.97. The van der Waals surface area contributed by atoms with Crippen molar-refractivity contribution in [2.45, 2.75) is 51.5 Å². The minimum atomic E-state index is -0.439. The van der Waals surface area contributed by atoms with Gasteiger partial charge in [-0.15, -0.1) is 0 Å². The molecule has 1 aliphatic heterocycles. The zero-order valence-corrected chi connectivity index (χ0v) is 14.2. The normalized spacial score (nSPS) is 33.8. The van der Waals surface area contributed by atoms with Gasteiger partial charge in [0.05, 0.1) is 7.11 Å². The molecule has 0 aromatic heterocycles. The van der Waals surface area contributed by atoms with Gasteiger partial charge in [0.15, 0.2) is 0 Å². The molecule has 21 heavy (non-hydrogen) atoms. The van der Waals surface area contributed by atoms with Gasteiger partial charge >= 0.3 is 5.97 Å². The van der Waals surface area contributed by atoms with Crippen molar-refractivity contribution in [1.29, 1.82) is 0 Å². The highest BCUT2D eigenvalue weighted by atomic mass is 16.5. The molecule has 4 nitrogen and oxygen atoms in total. The Labute approximate surface area is 129 Å². The molecule has 2 rings (SSSR count). The van der Waals surface area contributed by atoms with E-state index >= 15 is 0 Å². The molecule has 2 fully saturated rings. The summed E-state index contributed by atoms with van der Waals surface area (Å²) in [7, 11) is 3.41. The Balaban J connectivity index is 1.89. The molecule has 3 atom stereocenters. The number of rotatable bonds is 6. The van der Waals surface area contributed by atoms with Crippen LogP contribution < -0.4 is 5.32 Å². The maximum absolute atomic E-state index is 12.2. The molecular formula is C17H32N2O2. The zero-order valence-electron chi connectivity index (χ0n) is 14.2. The van der Waals surface area contributed by atoms with Crippen molar-refractivity contribution in [3.8, 4) is 0 Å². The number of likely N-dealkylation sites (N-methyl/N-ethyl adjacent to an activating group) is 1. The Morgan fingerprint density at radius 1 is 1.43 bits per heavy atom. The first kappa shape index (κ1) is 16.8. The summed E-state index contributed by atoms with van der Waals surface area (Å²) in [5, 5.41) is 3.29. The molecule has 3 unspecified atom stereocenters. The van der Waals surface area contributed by atoms with Crippen molar-refractivity contribution in [1.82, 2.24) is 10.2 Å². The van der Waals surface area contributed by atoms with Crippen LogP contribution in [0, 0.1) is 17.8 Å². The number of carbonyl (C=O) groups is 1. The number of hydrogen-bond donors (Lipinski definition) is 1. The standard InChI is InChI=1S/C17H32N2O2/c1-13(2)14-7-10-19(12-14)11-8-15-6-5-9-17(15,18-3)16(20)21-4/h13-15,18H,5-12H2,1-4H3. The summed E-state index contributed by atoms with van der Waals surface area (Å²) in [6.07, 6.45) is 5.60. The molecule has 0 spiro atoms. The van der Waals surface area contributed by atoms with E-state index in [0.29, 0.717) is 5.92 Å². The van der Waals surface area contributed by atoms with E-state index in [1.165, 1.54) is 26.6 Å². The van der Waals surface area contributed by atoms with Gasteiger partial charge in [-0.25, -0.2) is 0 Å². The number of esters is 1. The second kappa shape index (κ2) is 7.10. The molecule has 122 valence electrons. The van der Waals surface area contributed by atoms with Gasteiger partial charge in [-0.1, -0.05) is 20.3 Å². The van der Waals surface area contributed by atoms with Gasteiger partial charge in [0.2, 0.25) is 0 Å². The minimum Gasteiger partial charge on any atom is -0.468 e. The molecule has 1 saturated heterocycles. The van der Waals surface area contributed by atoms with Gasteiger partial charge in [-0.3, -0.25) is 4.79 Å². The monoisotopic (exact) mass is 296 g/mol. The van der Waals surface area contributed by atoms with E-state index in [1.807, 2.05) is 7.05 Å². The van der Waals surface area contributed by atoms with E-state index in [4.69, 9.17) is 4.74 Å². The van der Waals surface area contributed by atoms with Crippen molar-refractivity contribution in [2.75, 3.05) is 33.8 Å². The van der Waals surface area contributed by atoms with Crippen LogP contribution in [0.5, 0.6) is 0 Å². The number of nitrogens with one attached hydrogen (secondary N) is 1. The summed E-state index contributed by atoms with van der Waals surface area (Å²) in [4.78, 5) is 14.8. The van der Waals surface area contributed by atoms with E-state index < -0.39 is 5.54 Å². The van der Waals surface area contributed by atoms with Crippen LogP contribution in [0.2, 0.25) is 0 Å². The molecule has 0 aromatic carbocycles. The average molecular weight is 296 g/mol. The summed E-state index contributed by atoms with van der Waals surface area (Å²) < 4.78 is 5.06. The number of ether oxygens (including phenoxy) is 1. The van der Waals surface area contributed by atoms with E-state index in [-0.39, 0.29) is 5.97 Å². The molecule has 2 aliphatic rings. The lowest BCUT2D eigenvalue weighted by Crippen LogP contribution is -2.54. The fourth-order valence-corrected chi connectivity index (χ4v) is 4.30. The Bertz CT molecular complexity index is 359. The molecule has 1 N–H and O–H groups in total. The molecular weight excluding hydrogens is 264 g/mol. The number of methoxy groups -OCH3 is 1. The third kappa shape index (κ3) is 3.42. The van der Waals surface area contributed by atoms with Gasteiger partial charge in [0, 0.05) is 6.54 Å². The second-order valence-corrected chi connectivity index (χ2v) is 7.18. The van der Waals surface area contributed by atoms with Crippen molar-refractivity contribution in [3.05, 3.63) is 0 Å². The highest BCUT2D eigenvalue weighted by molar-refractivity contribution is 5.81. The lowest BCUT2D eigenvalue weighted by molar-refractivity contribution is -0.150. The lowest BCUT2D eigenvalue weighted by Gasteiger charge is -2.33. The predicted octanol–water partition coefficient (Wildman–Crippen LogP) is 2.29. The van der Waals surface area contributed by atoms with Gasteiger partial charge in [-0.2, -0.15) is 0 Å². The van der Waals surface area contributed by atoms with E-state index in [2.05, 4.69) is 24.1 Å². The van der Waals surface area contributed by atoms with Crippen molar-refractivity contribution < 1.29 is 9.53 Å². The lowest BCUT2D eigenvalue weighted by atomic mass is 9.84. The summed E-state index contributed by atoms with van der Waals surface area (Å²) >= 11 is 0. The SMILES string of the molecule is CNC1(C(=O)OC)CCCC1CCN1CCC(C(C)C)C1. The van der Waals surface area contributed by atoms with Crippen molar-refractivity contribution in [2.24, 2.45) is 17.8 Å². The molecule has 0 amide bonds. The predicted molar refractivity (Wildman–Crippen MR) is 85.1 cm³/mol. The molecule has 1 saturated carbocycles. The van der Waals surface area contributed by atoms with E-state index in [1.54, 1.807) is 0 Å². The largest absolute Gasteiger partial charge is 0.468 e. The van der Waals surface area contributed by atoms with Gasteiger partial charge < -0.3 is 15.0 Å². The molecule has 1 heterocycles. The second-order valence-electron chi connectivity index (χ2n) is 7.18. The van der Waals surface area contributed by atoms with Crippen LogP contribution in [0.3, 0.4) is 0 Å². The maximum Gasteiger partial charge on any atom is 0.326 e. The maximum atomic E-state index is 12.2. The summed E-state index contributed by atoms with van der Waals surface area (Å²) in [6.45, 7) is 8.23. The average Bonchev–Trinajstić information content (AvgIpc) is 3.11. The fraction of sp³-hybridized carbons (Fsp3) is 0.941. The number of nitrogens with zero attached hydrogens (tertiary/aromatic N) is 1. The summed E-state index contributed by atoms with van der Waals surface area (Å²) in [5.41, 5.74) is -0.439. The Morgan fingerprint density at radius 2 is 2.19 bits per heavy atom. The first-order valence-corrected chi connectivity index (χ1v) is 8.53. The van der Waals surface area contributed by atoms with Crippen LogP contribution >= 0.6 is 0 Å². The van der Waals surface area contributed by atoms with Gasteiger partial charge in [0.1, 0.15) is 5.54 Å². The zero-order chi connectivity index (χ0) is 15.5. The Kier molecular flexibility index (Phi) is 5.67. The third-order valence-corrected chi connectivity index (χ3v) is 5.86.